The molecule has 3 nitrogen and oxygen atoms in total. The van der Waals surface area contributed by atoms with Crippen LogP contribution in [0, 0.1) is 34.5 Å². The van der Waals surface area contributed by atoms with Gasteiger partial charge in [0, 0.05) is 11.2 Å². The maximum absolute atomic E-state index is 13.0. The van der Waals surface area contributed by atoms with E-state index in [0.717, 1.165) is 17.7 Å². The number of carbonyl (C=O) groups excluding carboxylic acids is 1. The number of hydrogen-bond donors (Lipinski definition) is 2. The fraction of sp³-hybridized carbons (Fsp3) is 0.857. The van der Waals surface area contributed by atoms with Gasteiger partial charge in [0.2, 0.25) is 0 Å². The van der Waals surface area contributed by atoms with Crippen LogP contribution in [0.25, 0.3) is 0 Å². The predicted molar refractivity (Wildman–Crippen MR) is 101 cm³/mol. The summed E-state index contributed by atoms with van der Waals surface area (Å²) in [5.74, 6) is 1.76. The van der Waals surface area contributed by atoms with Crippen LogP contribution in [0.15, 0.2) is 11.6 Å². The maximum atomic E-state index is 13.0. The summed E-state index contributed by atoms with van der Waals surface area (Å²) in [7, 11) is 0. The molecule has 4 aliphatic carbocycles. The van der Waals surface area contributed by atoms with Crippen LogP contribution in [-0.4, -0.2) is 33.5 Å². The standard InChI is InChI=1S/C21H31BrO3/c1-20-7-5-15-13(14(20)4-3-12(20)6-8-22)9-17(23)16-10-18(24)19(25)11-21(15,16)2/h9,12,14-16,18-19,24-25H,3-8,10-11H2,1-2H3/t12-,14?,15?,16+,18?,19?,20?,21?/m1/s1. The molecule has 0 radical (unpaired) electrons. The summed E-state index contributed by atoms with van der Waals surface area (Å²) in [5.41, 5.74) is 1.53. The van der Waals surface area contributed by atoms with Gasteiger partial charge in [0.15, 0.2) is 5.78 Å². The van der Waals surface area contributed by atoms with Crippen LogP contribution in [0.1, 0.15) is 58.8 Å². The fourth-order valence-corrected chi connectivity index (χ4v) is 7.66. The molecule has 0 aliphatic heterocycles. The molecule has 0 amide bonds. The van der Waals surface area contributed by atoms with Gasteiger partial charge in [-0.15, -0.1) is 0 Å². The first kappa shape index (κ1) is 18.2. The summed E-state index contributed by atoms with van der Waals surface area (Å²) in [6.07, 6.45) is 7.57. The van der Waals surface area contributed by atoms with Crippen LogP contribution in [0.5, 0.6) is 0 Å². The Morgan fingerprint density at radius 2 is 1.80 bits per heavy atom. The SMILES string of the molecule is CC12CCC3C(=CC(=O)[C@@H]4CC(O)C(O)CC34C)C1CC[C@@H]2CCBr. The molecular weight excluding hydrogens is 380 g/mol. The van der Waals surface area contributed by atoms with E-state index in [1.165, 1.54) is 31.3 Å². The lowest BCUT2D eigenvalue weighted by Gasteiger charge is -2.57. The first-order chi connectivity index (χ1) is 11.8. The van der Waals surface area contributed by atoms with Gasteiger partial charge in [-0.05, 0) is 79.6 Å². The van der Waals surface area contributed by atoms with Gasteiger partial charge in [-0.25, -0.2) is 0 Å². The Morgan fingerprint density at radius 3 is 2.52 bits per heavy atom. The van der Waals surface area contributed by atoms with Crippen molar-refractivity contribution in [3.05, 3.63) is 11.6 Å². The number of fused-ring (bicyclic) bond motifs is 5. The summed E-state index contributed by atoms with van der Waals surface area (Å²) in [6, 6.07) is 0. The number of aliphatic hydroxyl groups is 2. The number of rotatable bonds is 2. The van der Waals surface area contributed by atoms with E-state index in [0.29, 0.717) is 30.1 Å². The zero-order valence-electron chi connectivity index (χ0n) is 15.4. The van der Waals surface area contributed by atoms with Crippen molar-refractivity contribution in [2.75, 3.05) is 5.33 Å². The van der Waals surface area contributed by atoms with Gasteiger partial charge in [-0.2, -0.15) is 0 Å². The first-order valence-electron chi connectivity index (χ1n) is 9.98. The second-order valence-electron chi connectivity index (χ2n) is 9.58. The highest BCUT2D eigenvalue weighted by Gasteiger charge is 2.60. The van der Waals surface area contributed by atoms with E-state index in [1.54, 1.807) is 0 Å². The van der Waals surface area contributed by atoms with E-state index in [2.05, 4.69) is 29.8 Å². The molecule has 0 heterocycles. The van der Waals surface area contributed by atoms with Crippen LogP contribution in [-0.2, 0) is 4.79 Å². The number of carbonyl (C=O) groups is 1. The monoisotopic (exact) mass is 410 g/mol. The summed E-state index contributed by atoms with van der Waals surface area (Å²) >= 11 is 3.62. The molecule has 4 rings (SSSR count). The molecule has 2 N–H and O–H groups in total. The Kier molecular flexibility index (Phi) is 4.49. The molecular formula is C21H31BrO3. The third-order valence-corrected chi connectivity index (χ3v) is 9.04. The van der Waals surface area contributed by atoms with E-state index >= 15 is 0 Å². The van der Waals surface area contributed by atoms with Crippen molar-refractivity contribution in [1.82, 2.24) is 0 Å². The van der Waals surface area contributed by atoms with Crippen molar-refractivity contribution in [2.24, 2.45) is 34.5 Å². The summed E-state index contributed by atoms with van der Waals surface area (Å²) in [5, 5.41) is 21.5. The summed E-state index contributed by atoms with van der Waals surface area (Å²) in [4.78, 5) is 13.0. The molecule has 4 heteroatoms. The Bertz CT molecular complexity index is 602. The zero-order chi connectivity index (χ0) is 18.0. The highest BCUT2D eigenvalue weighted by atomic mass is 79.9. The normalized spacial score (nSPS) is 52.2. The Labute approximate surface area is 159 Å². The van der Waals surface area contributed by atoms with Crippen LogP contribution in [0.3, 0.4) is 0 Å². The van der Waals surface area contributed by atoms with E-state index in [9.17, 15) is 15.0 Å². The van der Waals surface area contributed by atoms with Crippen LogP contribution in [0.2, 0.25) is 0 Å². The smallest absolute Gasteiger partial charge is 0.159 e. The molecule has 3 fully saturated rings. The molecule has 3 saturated carbocycles. The van der Waals surface area contributed by atoms with Crippen molar-refractivity contribution in [3.8, 4) is 0 Å². The van der Waals surface area contributed by atoms with Crippen molar-refractivity contribution in [3.63, 3.8) is 0 Å². The van der Waals surface area contributed by atoms with Gasteiger partial charge >= 0.3 is 0 Å². The molecule has 4 aliphatic rings. The van der Waals surface area contributed by atoms with E-state index in [-0.39, 0.29) is 17.1 Å². The van der Waals surface area contributed by atoms with Crippen LogP contribution in [0.4, 0.5) is 0 Å². The molecule has 25 heavy (non-hydrogen) atoms. The zero-order valence-corrected chi connectivity index (χ0v) is 17.0. The second kappa shape index (κ2) is 6.17. The number of hydrogen-bond acceptors (Lipinski definition) is 3. The number of allylic oxidation sites excluding steroid dienone is 2. The Balaban J connectivity index is 1.70. The average molecular weight is 411 g/mol. The first-order valence-corrected chi connectivity index (χ1v) is 11.1. The molecule has 0 bridgehead atoms. The molecule has 140 valence electrons. The summed E-state index contributed by atoms with van der Waals surface area (Å²) < 4.78 is 0. The maximum Gasteiger partial charge on any atom is 0.159 e. The minimum atomic E-state index is -0.749. The number of ketones is 1. The lowest BCUT2D eigenvalue weighted by molar-refractivity contribution is -0.143. The van der Waals surface area contributed by atoms with Crippen molar-refractivity contribution < 1.29 is 15.0 Å². The third-order valence-electron chi connectivity index (χ3n) is 8.58. The third kappa shape index (κ3) is 2.54. The lowest BCUT2D eigenvalue weighted by atomic mass is 9.47. The van der Waals surface area contributed by atoms with Crippen molar-refractivity contribution in [1.29, 1.82) is 0 Å². The van der Waals surface area contributed by atoms with Gasteiger partial charge in [0.1, 0.15) is 0 Å². The van der Waals surface area contributed by atoms with Gasteiger partial charge in [0.25, 0.3) is 0 Å². The largest absolute Gasteiger partial charge is 0.390 e. The highest BCUT2D eigenvalue weighted by molar-refractivity contribution is 9.09. The molecule has 0 aromatic carbocycles. The minimum absolute atomic E-state index is 0.122. The Hall–Kier alpha value is -0.190. The predicted octanol–water partition coefficient (Wildman–Crippen LogP) is 3.86. The highest BCUT2D eigenvalue weighted by Crippen LogP contribution is 2.65. The van der Waals surface area contributed by atoms with Gasteiger partial charge in [-0.1, -0.05) is 35.4 Å². The molecule has 0 aromatic rings. The van der Waals surface area contributed by atoms with Gasteiger partial charge in [-0.3, -0.25) is 4.79 Å². The van der Waals surface area contributed by atoms with Gasteiger partial charge < -0.3 is 10.2 Å². The van der Waals surface area contributed by atoms with Crippen molar-refractivity contribution in [2.45, 2.75) is 71.0 Å². The Morgan fingerprint density at radius 1 is 1.08 bits per heavy atom. The number of halogens is 1. The second-order valence-corrected chi connectivity index (χ2v) is 10.4. The van der Waals surface area contributed by atoms with E-state index in [1.807, 2.05) is 6.08 Å². The molecule has 6 unspecified atom stereocenters. The van der Waals surface area contributed by atoms with Crippen molar-refractivity contribution >= 4 is 21.7 Å². The molecule has 0 spiro atoms. The average Bonchev–Trinajstić information content (AvgIpc) is 2.88. The minimum Gasteiger partial charge on any atom is -0.390 e. The van der Waals surface area contributed by atoms with Crippen LogP contribution >= 0.6 is 15.9 Å². The number of aliphatic hydroxyl groups excluding tert-OH is 2. The summed E-state index contributed by atoms with van der Waals surface area (Å²) in [6.45, 7) is 4.66. The number of alkyl halides is 1. The lowest BCUT2D eigenvalue weighted by Crippen LogP contribution is -2.55. The van der Waals surface area contributed by atoms with E-state index < -0.39 is 12.2 Å². The van der Waals surface area contributed by atoms with Gasteiger partial charge in [0.05, 0.1) is 12.2 Å². The van der Waals surface area contributed by atoms with E-state index in [4.69, 9.17) is 0 Å². The fourth-order valence-electron chi connectivity index (χ4n) is 7.11. The molecule has 0 saturated heterocycles. The quantitative estimate of drug-likeness (QED) is 0.679. The topological polar surface area (TPSA) is 57.5 Å². The molecule has 0 aromatic heterocycles. The molecule has 8 atom stereocenters. The van der Waals surface area contributed by atoms with Crippen LogP contribution < -0.4 is 0 Å².